The highest BCUT2D eigenvalue weighted by molar-refractivity contribution is 7.16. The molecule has 0 saturated carbocycles. The van der Waals surface area contributed by atoms with Crippen LogP contribution in [0.3, 0.4) is 0 Å². The smallest absolute Gasteiger partial charge is 0.256 e. The van der Waals surface area contributed by atoms with E-state index < -0.39 is 0 Å². The summed E-state index contributed by atoms with van der Waals surface area (Å²) in [7, 11) is 0. The second kappa shape index (κ2) is 9.14. The Kier molecular flexibility index (Phi) is 6.14. The molecule has 31 heavy (non-hydrogen) atoms. The van der Waals surface area contributed by atoms with Crippen molar-refractivity contribution in [2.75, 3.05) is 10.6 Å². The molecule has 0 saturated heterocycles. The van der Waals surface area contributed by atoms with Gasteiger partial charge < -0.3 is 10.6 Å². The molecule has 3 aromatic carbocycles. The van der Waals surface area contributed by atoms with Gasteiger partial charge in [0.1, 0.15) is 10.8 Å². The minimum absolute atomic E-state index is 0.166. The van der Waals surface area contributed by atoms with Crippen molar-refractivity contribution >= 4 is 27.9 Å². The molecule has 0 spiro atoms. The molecule has 5 heteroatoms. The number of thiophene rings is 1. The van der Waals surface area contributed by atoms with E-state index in [2.05, 4.69) is 10.6 Å². The van der Waals surface area contributed by atoms with Crippen molar-refractivity contribution in [3.8, 4) is 0 Å². The van der Waals surface area contributed by atoms with Crippen LogP contribution in [0.25, 0.3) is 0 Å². The summed E-state index contributed by atoms with van der Waals surface area (Å²) in [4.78, 5) is 14.0. The predicted octanol–water partition coefficient (Wildman–Crippen LogP) is 6.96. The van der Waals surface area contributed by atoms with E-state index in [0.29, 0.717) is 11.3 Å². The Morgan fingerprint density at radius 3 is 2.16 bits per heavy atom. The Morgan fingerprint density at radius 2 is 1.48 bits per heavy atom. The number of carbonyl (C=O) groups excluding carboxylic acids is 1. The fourth-order valence-corrected chi connectivity index (χ4v) is 4.65. The normalized spacial score (nSPS) is 11.7. The summed E-state index contributed by atoms with van der Waals surface area (Å²) < 4.78 is 14.5. The van der Waals surface area contributed by atoms with Gasteiger partial charge in [-0.3, -0.25) is 4.79 Å². The lowest BCUT2D eigenvalue weighted by molar-refractivity contribution is 0.102. The molecule has 0 aliphatic rings. The third-order valence-electron chi connectivity index (χ3n) is 5.29. The molecule has 1 heterocycles. The first kappa shape index (κ1) is 20.8. The van der Waals surface area contributed by atoms with Gasteiger partial charge in [-0.15, -0.1) is 11.3 Å². The summed E-state index contributed by atoms with van der Waals surface area (Å²) in [6.45, 7) is 4.07. The fourth-order valence-electron chi connectivity index (χ4n) is 3.55. The molecule has 0 fully saturated rings. The summed E-state index contributed by atoms with van der Waals surface area (Å²) in [6, 6.07) is 25.3. The van der Waals surface area contributed by atoms with Gasteiger partial charge in [-0.25, -0.2) is 4.39 Å². The highest BCUT2D eigenvalue weighted by Gasteiger charge is 2.25. The molecule has 1 aromatic heterocycles. The zero-order chi connectivity index (χ0) is 21.8. The zero-order valence-electron chi connectivity index (χ0n) is 17.4. The zero-order valence-corrected chi connectivity index (χ0v) is 18.2. The van der Waals surface area contributed by atoms with Crippen molar-refractivity contribution < 1.29 is 9.18 Å². The maximum Gasteiger partial charge on any atom is 0.256 e. The number of benzene rings is 3. The van der Waals surface area contributed by atoms with Gasteiger partial charge in [-0.1, -0.05) is 60.7 Å². The molecule has 3 nitrogen and oxygen atoms in total. The van der Waals surface area contributed by atoms with Crippen LogP contribution in [-0.2, 0) is 0 Å². The molecule has 0 unspecified atom stereocenters. The predicted molar refractivity (Wildman–Crippen MR) is 126 cm³/mol. The quantitative estimate of drug-likeness (QED) is 0.347. The van der Waals surface area contributed by atoms with Gasteiger partial charge in [0, 0.05) is 16.0 Å². The minimum Gasteiger partial charge on any atom is -0.372 e. The van der Waals surface area contributed by atoms with E-state index in [1.54, 1.807) is 30.3 Å². The lowest BCUT2D eigenvalue weighted by Gasteiger charge is -2.23. The van der Waals surface area contributed by atoms with Crippen LogP contribution in [0, 0.1) is 19.7 Å². The van der Waals surface area contributed by atoms with Crippen molar-refractivity contribution in [2.24, 2.45) is 0 Å². The number of rotatable bonds is 6. The Balaban J connectivity index is 1.78. The van der Waals surface area contributed by atoms with E-state index in [4.69, 9.17) is 0 Å². The summed E-state index contributed by atoms with van der Waals surface area (Å²) in [5.41, 5.74) is 4.02. The Bertz CT molecular complexity index is 1190. The maximum atomic E-state index is 14.5. The third kappa shape index (κ3) is 4.52. The summed E-state index contributed by atoms with van der Waals surface area (Å²) >= 11 is 1.54. The van der Waals surface area contributed by atoms with Crippen LogP contribution in [0.1, 0.15) is 38.0 Å². The fraction of sp³-hybridized carbons (Fsp3) is 0.115. The number of hydrogen-bond donors (Lipinski definition) is 2. The van der Waals surface area contributed by atoms with E-state index in [-0.39, 0.29) is 17.8 Å². The largest absolute Gasteiger partial charge is 0.372 e. The Hall–Kier alpha value is -3.44. The van der Waals surface area contributed by atoms with Gasteiger partial charge in [0.2, 0.25) is 0 Å². The lowest BCUT2D eigenvalue weighted by atomic mass is 9.96. The third-order valence-corrected chi connectivity index (χ3v) is 6.43. The molecule has 1 atom stereocenters. The van der Waals surface area contributed by atoms with Crippen molar-refractivity contribution in [3.63, 3.8) is 0 Å². The number of aryl methyl sites for hydroxylation is 1. The number of halogens is 1. The molecule has 4 rings (SSSR count). The van der Waals surface area contributed by atoms with E-state index in [1.807, 2.05) is 62.4 Å². The van der Waals surface area contributed by atoms with Gasteiger partial charge in [0.25, 0.3) is 5.91 Å². The Labute approximate surface area is 185 Å². The first-order chi connectivity index (χ1) is 15.0. The van der Waals surface area contributed by atoms with Crippen LogP contribution in [-0.4, -0.2) is 5.91 Å². The van der Waals surface area contributed by atoms with Crippen molar-refractivity contribution in [1.82, 2.24) is 0 Å². The maximum absolute atomic E-state index is 14.5. The van der Waals surface area contributed by atoms with E-state index in [9.17, 15) is 9.18 Å². The summed E-state index contributed by atoms with van der Waals surface area (Å²) in [6.07, 6.45) is 0. The monoisotopic (exact) mass is 430 g/mol. The highest BCUT2D eigenvalue weighted by atomic mass is 32.1. The van der Waals surface area contributed by atoms with Gasteiger partial charge >= 0.3 is 0 Å². The van der Waals surface area contributed by atoms with Crippen LogP contribution >= 0.6 is 11.3 Å². The Morgan fingerprint density at radius 1 is 0.871 bits per heavy atom. The number of anilines is 2. The average Bonchev–Trinajstić information content (AvgIpc) is 3.07. The molecular formula is C26H23FN2OS. The molecule has 1 amide bonds. The minimum atomic E-state index is -0.325. The number of para-hydroxylation sites is 1. The van der Waals surface area contributed by atoms with Gasteiger partial charge in [0.15, 0.2) is 0 Å². The number of amides is 1. The molecule has 0 aliphatic carbocycles. The number of carbonyl (C=O) groups is 1. The SMILES string of the molecule is Cc1sc(NC(=O)c2ccccc2)c([C@@H](Nc2ccccc2F)c2ccccc2)c1C. The van der Waals surface area contributed by atoms with Gasteiger partial charge in [-0.05, 0) is 49.2 Å². The van der Waals surface area contributed by atoms with E-state index in [1.165, 1.54) is 17.4 Å². The van der Waals surface area contributed by atoms with Gasteiger partial charge in [0.05, 0.1) is 11.7 Å². The first-order valence-corrected chi connectivity index (χ1v) is 10.9. The number of hydrogen-bond acceptors (Lipinski definition) is 3. The second-order valence-electron chi connectivity index (χ2n) is 7.31. The lowest BCUT2D eigenvalue weighted by Crippen LogP contribution is -2.18. The van der Waals surface area contributed by atoms with Crippen molar-refractivity contribution in [1.29, 1.82) is 0 Å². The van der Waals surface area contributed by atoms with Crippen molar-refractivity contribution in [2.45, 2.75) is 19.9 Å². The van der Waals surface area contributed by atoms with Crippen molar-refractivity contribution in [3.05, 3.63) is 118 Å². The molecule has 0 bridgehead atoms. The molecule has 2 N–H and O–H groups in total. The van der Waals surface area contributed by atoms with Crippen LogP contribution in [0.4, 0.5) is 15.1 Å². The molecular weight excluding hydrogens is 407 g/mol. The van der Waals surface area contributed by atoms with Crippen LogP contribution in [0.2, 0.25) is 0 Å². The average molecular weight is 431 g/mol. The first-order valence-electron chi connectivity index (χ1n) is 10.1. The molecule has 156 valence electrons. The van der Waals surface area contributed by atoms with Gasteiger partial charge in [-0.2, -0.15) is 0 Å². The summed E-state index contributed by atoms with van der Waals surface area (Å²) in [5, 5.41) is 7.22. The highest BCUT2D eigenvalue weighted by Crippen LogP contribution is 2.41. The molecule has 4 aromatic rings. The summed E-state index contributed by atoms with van der Waals surface area (Å²) in [5.74, 6) is -0.483. The van der Waals surface area contributed by atoms with Crippen LogP contribution in [0.15, 0.2) is 84.9 Å². The topological polar surface area (TPSA) is 41.1 Å². The van der Waals surface area contributed by atoms with E-state index in [0.717, 1.165) is 26.6 Å². The standard InChI is InChI=1S/C26H23FN2OS/c1-17-18(2)31-26(29-25(30)20-13-7-4-8-14-20)23(17)24(19-11-5-3-6-12-19)28-22-16-10-9-15-21(22)27/h3-16,24,28H,1-2H3,(H,29,30)/t24-/m0/s1. The van der Waals surface area contributed by atoms with Crippen LogP contribution < -0.4 is 10.6 Å². The molecule has 0 radical (unpaired) electrons. The number of nitrogens with one attached hydrogen (secondary N) is 2. The molecule has 0 aliphatic heterocycles. The van der Waals surface area contributed by atoms with E-state index >= 15 is 0 Å². The van der Waals surface area contributed by atoms with Crippen LogP contribution in [0.5, 0.6) is 0 Å². The second-order valence-corrected chi connectivity index (χ2v) is 8.54.